The van der Waals surface area contributed by atoms with Crippen molar-refractivity contribution in [2.45, 2.75) is 25.2 Å². The minimum atomic E-state index is -3.65. The smallest absolute Gasteiger partial charge is 0.255 e. The van der Waals surface area contributed by atoms with E-state index in [2.05, 4.69) is 10.3 Å². The lowest BCUT2D eigenvalue weighted by Gasteiger charge is -2.16. The Balaban J connectivity index is 1.80. The van der Waals surface area contributed by atoms with Crippen LogP contribution in [0.1, 0.15) is 32.6 Å². The second-order valence-corrected chi connectivity index (χ2v) is 9.51. The van der Waals surface area contributed by atoms with Gasteiger partial charge in [-0.1, -0.05) is 12.1 Å². The Morgan fingerprint density at radius 1 is 0.967 bits per heavy atom. The molecular formula is C23H25N3O3S. The monoisotopic (exact) mass is 423 g/mol. The zero-order valence-electron chi connectivity index (χ0n) is 17.5. The van der Waals surface area contributed by atoms with Gasteiger partial charge >= 0.3 is 0 Å². The molecule has 3 aromatic rings. The zero-order chi connectivity index (χ0) is 21.9. The van der Waals surface area contributed by atoms with Gasteiger partial charge in [-0.3, -0.25) is 9.78 Å². The maximum Gasteiger partial charge on any atom is 0.255 e. The molecule has 30 heavy (non-hydrogen) atoms. The number of nitrogens with zero attached hydrogens (tertiary/aromatic N) is 2. The van der Waals surface area contributed by atoms with E-state index in [0.29, 0.717) is 16.8 Å². The van der Waals surface area contributed by atoms with Gasteiger partial charge in [0, 0.05) is 37.7 Å². The van der Waals surface area contributed by atoms with Crippen LogP contribution < -0.4 is 5.32 Å². The van der Waals surface area contributed by atoms with Crippen molar-refractivity contribution in [1.82, 2.24) is 9.29 Å². The van der Waals surface area contributed by atoms with E-state index in [4.69, 9.17) is 0 Å². The van der Waals surface area contributed by atoms with Gasteiger partial charge in [0.05, 0.1) is 4.90 Å². The van der Waals surface area contributed by atoms with Gasteiger partial charge in [0.2, 0.25) is 10.0 Å². The Bertz CT molecular complexity index is 1160. The van der Waals surface area contributed by atoms with Crippen molar-refractivity contribution in [2.75, 3.05) is 19.4 Å². The minimum Gasteiger partial charge on any atom is -0.322 e. The van der Waals surface area contributed by atoms with Crippen LogP contribution in [0.2, 0.25) is 0 Å². The molecule has 0 aliphatic heterocycles. The highest BCUT2D eigenvalue weighted by atomic mass is 32.2. The third-order valence-electron chi connectivity index (χ3n) is 5.01. The number of nitrogens with one attached hydrogen (secondary N) is 1. The summed E-state index contributed by atoms with van der Waals surface area (Å²) < 4.78 is 26.4. The molecule has 0 unspecified atom stereocenters. The quantitative estimate of drug-likeness (QED) is 0.654. The lowest BCUT2D eigenvalue weighted by molar-refractivity contribution is 0.102. The third-order valence-corrected chi connectivity index (χ3v) is 6.95. The number of pyridine rings is 1. The van der Waals surface area contributed by atoms with E-state index in [0.717, 1.165) is 27.4 Å². The molecule has 1 N–H and O–H groups in total. The summed E-state index contributed by atoms with van der Waals surface area (Å²) in [6, 6.07) is 14.7. The highest BCUT2D eigenvalue weighted by Crippen LogP contribution is 2.24. The Morgan fingerprint density at radius 3 is 2.17 bits per heavy atom. The first-order chi connectivity index (χ1) is 14.2. The van der Waals surface area contributed by atoms with Gasteiger partial charge in [-0.05, 0) is 78.9 Å². The molecule has 6 nitrogen and oxygen atoms in total. The Hall–Kier alpha value is -3.03. The summed E-state index contributed by atoms with van der Waals surface area (Å²) >= 11 is 0. The average Bonchev–Trinajstić information content (AvgIpc) is 2.71. The van der Waals surface area contributed by atoms with Crippen LogP contribution in [-0.2, 0) is 16.4 Å². The number of aryl methyl sites for hydroxylation is 1. The molecule has 1 heterocycles. The van der Waals surface area contributed by atoms with Gasteiger partial charge in [0.25, 0.3) is 5.91 Å². The molecule has 0 saturated carbocycles. The van der Waals surface area contributed by atoms with Gasteiger partial charge in [-0.25, -0.2) is 12.7 Å². The number of anilines is 1. The molecule has 0 bridgehead atoms. The van der Waals surface area contributed by atoms with E-state index in [1.165, 1.54) is 20.2 Å². The fourth-order valence-corrected chi connectivity index (χ4v) is 4.29. The number of benzene rings is 2. The van der Waals surface area contributed by atoms with Crippen molar-refractivity contribution in [1.29, 1.82) is 0 Å². The van der Waals surface area contributed by atoms with Crippen molar-refractivity contribution < 1.29 is 13.2 Å². The van der Waals surface area contributed by atoms with E-state index >= 15 is 0 Å². The van der Waals surface area contributed by atoms with Crippen LogP contribution >= 0.6 is 0 Å². The number of carbonyl (C=O) groups excluding carboxylic acids is 1. The van der Waals surface area contributed by atoms with E-state index in [1.54, 1.807) is 32.3 Å². The highest BCUT2D eigenvalue weighted by Gasteiger charge is 2.23. The second-order valence-electron chi connectivity index (χ2n) is 7.39. The number of hydrogen-bond donors (Lipinski definition) is 1. The maximum absolute atomic E-state index is 12.8. The Kier molecular flexibility index (Phi) is 6.34. The molecule has 0 radical (unpaired) electrons. The molecule has 1 aromatic heterocycles. The van der Waals surface area contributed by atoms with Gasteiger partial charge in [-0.15, -0.1) is 0 Å². The molecule has 0 spiro atoms. The van der Waals surface area contributed by atoms with Gasteiger partial charge in [-0.2, -0.15) is 0 Å². The first-order valence-corrected chi connectivity index (χ1v) is 11.0. The van der Waals surface area contributed by atoms with E-state index in [-0.39, 0.29) is 10.8 Å². The van der Waals surface area contributed by atoms with Crippen molar-refractivity contribution in [3.05, 3.63) is 88.7 Å². The van der Waals surface area contributed by atoms with E-state index < -0.39 is 10.0 Å². The first kappa shape index (κ1) is 21.7. The van der Waals surface area contributed by atoms with E-state index in [9.17, 15) is 13.2 Å². The Morgan fingerprint density at radius 2 is 1.57 bits per heavy atom. The summed E-state index contributed by atoms with van der Waals surface area (Å²) in [5, 5.41) is 2.85. The first-order valence-electron chi connectivity index (χ1n) is 9.51. The SMILES string of the molecule is Cc1cc(C(=O)Nc2ccc(Cc3ccncc3)cc2)cc(S(=O)(=O)N(C)C)c1C. The minimum absolute atomic E-state index is 0.144. The third kappa shape index (κ3) is 4.75. The van der Waals surface area contributed by atoms with Gasteiger partial charge in [0.15, 0.2) is 0 Å². The summed E-state index contributed by atoms with van der Waals surface area (Å²) in [7, 11) is -0.692. The van der Waals surface area contributed by atoms with Crippen LogP contribution in [0.15, 0.2) is 65.8 Å². The molecule has 0 atom stereocenters. The lowest BCUT2D eigenvalue weighted by atomic mass is 10.0. The number of hydrogen-bond acceptors (Lipinski definition) is 4. The molecule has 1 amide bonds. The summed E-state index contributed by atoms with van der Waals surface area (Å²) in [4.78, 5) is 16.9. The number of sulfonamides is 1. The molecular weight excluding hydrogens is 398 g/mol. The summed E-state index contributed by atoms with van der Waals surface area (Å²) in [5.74, 6) is -0.352. The number of aromatic nitrogens is 1. The fourth-order valence-electron chi connectivity index (χ4n) is 3.07. The van der Waals surface area contributed by atoms with E-state index in [1.807, 2.05) is 36.4 Å². The molecule has 2 aromatic carbocycles. The molecule has 7 heteroatoms. The molecule has 3 rings (SSSR count). The summed E-state index contributed by atoms with van der Waals surface area (Å²) in [6.45, 7) is 3.55. The van der Waals surface area contributed by atoms with Crippen LogP contribution in [0.25, 0.3) is 0 Å². The van der Waals surface area contributed by atoms with Crippen molar-refractivity contribution >= 4 is 21.6 Å². The Labute approximate surface area is 177 Å². The van der Waals surface area contributed by atoms with Crippen LogP contribution in [0, 0.1) is 13.8 Å². The molecule has 0 saturated heterocycles. The standard InChI is InChI=1S/C23H25N3O3S/c1-16-13-20(15-22(17(16)2)30(28,29)26(3)4)23(27)25-21-7-5-18(6-8-21)14-19-9-11-24-12-10-19/h5-13,15H,14H2,1-4H3,(H,25,27). The fraction of sp³-hybridized carbons (Fsp3) is 0.217. The predicted octanol–water partition coefficient (Wildman–Crippen LogP) is 3.79. The van der Waals surface area contributed by atoms with Crippen LogP contribution in [0.3, 0.4) is 0 Å². The largest absolute Gasteiger partial charge is 0.322 e. The summed E-state index contributed by atoms with van der Waals surface area (Å²) in [5.41, 5.74) is 4.61. The molecule has 156 valence electrons. The maximum atomic E-state index is 12.8. The van der Waals surface area contributed by atoms with Gasteiger partial charge in [0.1, 0.15) is 0 Å². The molecule has 0 aliphatic carbocycles. The van der Waals surface area contributed by atoms with Crippen molar-refractivity contribution in [2.24, 2.45) is 0 Å². The molecule has 0 fully saturated rings. The topological polar surface area (TPSA) is 79.4 Å². The number of amides is 1. The van der Waals surface area contributed by atoms with Gasteiger partial charge < -0.3 is 5.32 Å². The van der Waals surface area contributed by atoms with Crippen molar-refractivity contribution in [3.63, 3.8) is 0 Å². The predicted molar refractivity (Wildman–Crippen MR) is 118 cm³/mol. The lowest BCUT2D eigenvalue weighted by Crippen LogP contribution is -2.24. The summed E-state index contributed by atoms with van der Waals surface area (Å²) in [6.07, 6.45) is 4.30. The number of rotatable bonds is 6. The number of carbonyl (C=O) groups is 1. The zero-order valence-corrected chi connectivity index (χ0v) is 18.3. The highest BCUT2D eigenvalue weighted by molar-refractivity contribution is 7.89. The van der Waals surface area contributed by atoms with Crippen LogP contribution in [-0.4, -0.2) is 37.7 Å². The van der Waals surface area contributed by atoms with Crippen LogP contribution in [0.4, 0.5) is 5.69 Å². The van der Waals surface area contributed by atoms with Crippen molar-refractivity contribution in [3.8, 4) is 0 Å². The van der Waals surface area contributed by atoms with Crippen LogP contribution in [0.5, 0.6) is 0 Å². The normalized spacial score (nSPS) is 11.5. The average molecular weight is 424 g/mol. The molecule has 0 aliphatic rings. The second kappa shape index (κ2) is 8.77.